The first-order valence-electron chi connectivity index (χ1n) is 8.59. The van der Waals surface area contributed by atoms with Crippen molar-refractivity contribution in [2.45, 2.75) is 25.9 Å². The average Bonchev–Trinajstić information content (AvgIpc) is 3.31. The summed E-state index contributed by atoms with van der Waals surface area (Å²) in [6.45, 7) is 3.15. The maximum Gasteiger partial charge on any atom is 0.271 e. The molecule has 0 radical (unpaired) electrons. The van der Waals surface area contributed by atoms with E-state index in [0.29, 0.717) is 11.5 Å². The lowest BCUT2D eigenvalue weighted by molar-refractivity contribution is 0.0856. The Labute approximate surface area is 154 Å². The zero-order valence-electron chi connectivity index (χ0n) is 14.4. The molecule has 3 heterocycles. The van der Waals surface area contributed by atoms with Crippen LogP contribution in [0, 0.1) is 6.92 Å². The van der Waals surface area contributed by atoms with Crippen molar-refractivity contribution in [2.24, 2.45) is 0 Å². The van der Waals surface area contributed by atoms with Gasteiger partial charge in [0.2, 0.25) is 0 Å². The summed E-state index contributed by atoms with van der Waals surface area (Å²) in [5.41, 5.74) is 2.51. The molecule has 1 atom stereocenters. The van der Waals surface area contributed by atoms with Gasteiger partial charge in [0.1, 0.15) is 5.56 Å². The molecule has 0 saturated carbocycles. The van der Waals surface area contributed by atoms with Crippen molar-refractivity contribution in [1.29, 1.82) is 0 Å². The fourth-order valence-corrected chi connectivity index (χ4v) is 3.94. The van der Waals surface area contributed by atoms with Crippen LogP contribution in [0.1, 0.15) is 28.8 Å². The first-order valence-corrected chi connectivity index (χ1v) is 9.47. The summed E-state index contributed by atoms with van der Waals surface area (Å²) in [4.78, 5) is 30.3. The number of carbonyl (C=O) groups is 1. The Morgan fingerprint density at radius 3 is 2.92 bits per heavy atom. The normalized spacial score (nSPS) is 16.9. The van der Waals surface area contributed by atoms with Crippen LogP contribution in [0.5, 0.6) is 0 Å². The fourth-order valence-electron chi connectivity index (χ4n) is 3.08. The van der Waals surface area contributed by atoms with E-state index in [1.54, 1.807) is 0 Å². The predicted octanol–water partition coefficient (Wildman–Crippen LogP) is 2.64. The van der Waals surface area contributed by atoms with E-state index >= 15 is 0 Å². The van der Waals surface area contributed by atoms with Gasteiger partial charge in [-0.2, -0.15) is 0 Å². The van der Waals surface area contributed by atoms with E-state index in [2.05, 4.69) is 10.3 Å². The van der Waals surface area contributed by atoms with E-state index in [1.807, 2.05) is 36.6 Å². The molecule has 0 unspecified atom stereocenters. The molecule has 6 nitrogen and oxygen atoms in total. The zero-order chi connectivity index (χ0) is 18.1. The Morgan fingerprint density at radius 1 is 1.38 bits per heavy atom. The first kappa shape index (κ1) is 16.9. The molecule has 1 N–H and O–H groups in total. The third-order valence-electron chi connectivity index (χ3n) is 4.55. The van der Waals surface area contributed by atoms with Gasteiger partial charge in [-0.05, 0) is 25.3 Å². The number of aromatic nitrogens is 2. The van der Waals surface area contributed by atoms with Crippen LogP contribution in [-0.4, -0.2) is 34.5 Å². The van der Waals surface area contributed by atoms with E-state index in [0.717, 1.165) is 36.3 Å². The highest BCUT2D eigenvalue weighted by molar-refractivity contribution is 7.15. The summed E-state index contributed by atoms with van der Waals surface area (Å²) in [5, 5.41) is 4.68. The van der Waals surface area contributed by atoms with Crippen LogP contribution >= 0.6 is 11.3 Å². The fraction of sp³-hybridized carbons (Fsp3) is 0.316. The van der Waals surface area contributed by atoms with Crippen molar-refractivity contribution in [2.75, 3.05) is 13.2 Å². The first-order chi connectivity index (χ1) is 12.6. The Bertz CT molecular complexity index is 1000. The number of rotatable bonds is 4. The van der Waals surface area contributed by atoms with Gasteiger partial charge in [0.05, 0.1) is 11.8 Å². The number of ether oxygens (including phenoxy) is 1. The van der Waals surface area contributed by atoms with Crippen LogP contribution in [-0.2, 0) is 4.74 Å². The third-order valence-corrected chi connectivity index (χ3v) is 5.39. The molecule has 1 fully saturated rings. The number of hydrogen-bond acceptors (Lipinski definition) is 5. The monoisotopic (exact) mass is 369 g/mol. The Morgan fingerprint density at radius 2 is 2.19 bits per heavy atom. The molecule has 0 aliphatic carbocycles. The Kier molecular flexibility index (Phi) is 4.57. The van der Waals surface area contributed by atoms with Crippen LogP contribution in [0.25, 0.3) is 16.2 Å². The summed E-state index contributed by atoms with van der Waals surface area (Å²) >= 11 is 1.38. The molecule has 1 saturated heterocycles. The van der Waals surface area contributed by atoms with E-state index in [9.17, 15) is 9.59 Å². The molecule has 1 aliphatic heterocycles. The number of hydrogen-bond donors (Lipinski definition) is 1. The van der Waals surface area contributed by atoms with Gasteiger partial charge >= 0.3 is 0 Å². The van der Waals surface area contributed by atoms with Crippen LogP contribution in [0.4, 0.5) is 0 Å². The van der Waals surface area contributed by atoms with Gasteiger partial charge in [-0.1, -0.05) is 29.8 Å². The number of benzene rings is 1. The van der Waals surface area contributed by atoms with Crippen LogP contribution in [0.2, 0.25) is 0 Å². The maximum atomic E-state index is 12.9. The van der Waals surface area contributed by atoms with Crippen molar-refractivity contribution in [3.05, 3.63) is 57.3 Å². The van der Waals surface area contributed by atoms with E-state index < -0.39 is 5.91 Å². The third kappa shape index (κ3) is 3.15. The molecule has 2 aromatic heterocycles. The summed E-state index contributed by atoms with van der Waals surface area (Å²) < 4.78 is 7.01. The minimum absolute atomic E-state index is 0.0302. The molecule has 1 aliphatic rings. The maximum absolute atomic E-state index is 12.9. The summed E-state index contributed by atoms with van der Waals surface area (Å²) in [5.74, 6) is -0.409. The number of fused-ring (bicyclic) bond motifs is 1. The second-order valence-electron chi connectivity index (χ2n) is 6.43. The highest BCUT2D eigenvalue weighted by Crippen LogP contribution is 2.24. The molecule has 0 bridgehead atoms. The topological polar surface area (TPSA) is 72.7 Å². The van der Waals surface area contributed by atoms with Crippen LogP contribution in [0.3, 0.4) is 0 Å². The number of nitrogens with one attached hydrogen (secondary N) is 1. The molecular formula is C19H19N3O3S. The SMILES string of the molecule is Cc1ccc(-c2csc3ncc(C(=O)NC[C@@H]4CCCO4)c(=O)n23)cc1. The highest BCUT2D eigenvalue weighted by atomic mass is 32.1. The quantitative estimate of drug-likeness (QED) is 0.767. The molecule has 0 spiro atoms. The lowest BCUT2D eigenvalue weighted by atomic mass is 10.1. The molecule has 26 heavy (non-hydrogen) atoms. The molecule has 1 aromatic carbocycles. The summed E-state index contributed by atoms with van der Waals surface area (Å²) in [6, 6.07) is 7.92. The minimum atomic E-state index is -0.409. The van der Waals surface area contributed by atoms with Gasteiger partial charge in [-0.15, -0.1) is 11.3 Å². The largest absolute Gasteiger partial charge is 0.376 e. The van der Waals surface area contributed by atoms with Gasteiger partial charge < -0.3 is 10.1 Å². The Hall–Kier alpha value is -2.51. The highest BCUT2D eigenvalue weighted by Gasteiger charge is 2.20. The van der Waals surface area contributed by atoms with Gasteiger partial charge in [-0.25, -0.2) is 4.98 Å². The van der Waals surface area contributed by atoms with Gasteiger partial charge in [0.25, 0.3) is 11.5 Å². The summed E-state index contributed by atoms with van der Waals surface area (Å²) in [7, 11) is 0. The molecule has 134 valence electrons. The van der Waals surface area contributed by atoms with Crippen molar-refractivity contribution >= 4 is 22.2 Å². The number of nitrogens with zero attached hydrogens (tertiary/aromatic N) is 2. The van der Waals surface area contributed by atoms with Crippen molar-refractivity contribution in [1.82, 2.24) is 14.7 Å². The number of aryl methyl sites for hydroxylation is 1. The molecule has 7 heteroatoms. The lowest BCUT2D eigenvalue weighted by Crippen LogP contribution is -2.36. The van der Waals surface area contributed by atoms with Crippen molar-refractivity contribution in [3.8, 4) is 11.3 Å². The summed E-state index contributed by atoms with van der Waals surface area (Å²) in [6.07, 6.45) is 3.32. The minimum Gasteiger partial charge on any atom is -0.376 e. The van der Waals surface area contributed by atoms with Crippen molar-refractivity contribution in [3.63, 3.8) is 0 Å². The van der Waals surface area contributed by atoms with E-state index in [-0.39, 0.29) is 17.2 Å². The van der Waals surface area contributed by atoms with E-state index in [4.69, 9.17) is 4.74 Å². The standard InChI is InChI=1S/C19H19N3O3S/c1-12-4-6-13(7-5-12)16-11-26-19-21-10-15(18(24)22(16)19)17(23)20-9-14-3-2-8-25-14/h4-7,10-11,14H,2-3,8-9H2,1H3,(H,20,23)/t14-/m0/s1. The van der Waals surface area contributed by atoms with Gasteiger partial charge in [0.15, 0.2) is 4.96 Å². The van der Waals surface area contributed by atoms with Crippen LogP contribution < -0.4 is 10.9 Å². The average molecular weight is 369 g/mol. The molecular weight excluding hydrogens is 350 g/mol. The van der Waals surface area contributed by atoms with Gasteiger partial charge in [-0.3, -0.25) is 14.0 Å². The lowest BCUT2D eigenvalue weighted by Gasteiger charge is -2.10. The number of thiazole rings is 1. The molecule has 1 amide bonds. The van der Waals surface area contributed by atoms with E-state index in [1.165, 1.54) is 21.9 Å². The van der Waals surface area contributed by atoms with Gasteiger partial charge in [0, 0.05) is 24.7 Å². The number of carbonyl (C=O) groups excluding carboxylic acids is 1. The van der Waals surface area contributed by atoms with Crippen LogP contribution in [0.15, 0.2) is 40.6 Å². The second kappa shape index (κ2) is 7.01. The molecule has 4 rings (SSSR count). The smallest absolute Gasteiger partial charge is 0.271 e. The Balaban J connectivity index is 1.67. The second-order valence-corrected chi connectivity index (χ2v) is 7.26. The number of amides is 1. The van der Waals surface area contributed by atoms with Crippen molar-refractivity contribution < 1.29 is 9.53 Å². The zero-order valence-corrected chi connectivity index (χ0v) is 15.2. The molecule has 3 aromatic rings. The predicted molar refractivity (Wildman–Crippen MR) is 101 cm³/mol.